The number of morpholine rings is 1. The highest BCUT2D eigenvalue weighted by atomic mass is 32.1. The molecular weight excluding hydrogens is 222 g/mol. The number of rotatable bonds is 5. The van der Waals surface area contributed by atoms with Crippen LogP contribution in [0.4, 0.5) is 0 Å². The van der Waals surface area contributed by atoms with Crippen molar-refractivity contribution < 1.29 is 4.74 Å². The monoisotopic (exact) mass is 245 g/mol. The maximum absolute atomic E-state index is 5.30. The summed E-state index contributed by atoms with van der Waals surface area (Å²) in [7, 11) is 0. The predicted octanol–water partition coefficient (Wildman–Crippen LogP) is 0.581. The molecule has 2 N–H and O–H groups in total. The number of nitrogens with zero attached hydrogens (tertiary/aromatic N) is 1. The van der Waals surface area contributed by atoms with E-state index >= 15 is 0 Å². The molecule has 0 atom stereocenters. The summed E-state index contributed by atoms with van der Waals surface area (Å²) in [5.41, 5.74) is 0. The van der Waals surface area contributed by atoms with Crippen molar-refractivity contribution >= 4 is 17.3 Å². The highest BCUT2D eigenvalue weighted by Crippen LogP contribution is 1.97. The van der Waals surface area contributed by atoms with Gasteiger partial charge in [-0.15, -0.1) is 0 Å². The summed E-state index contributed by atoms with van der Waals surface area (Å²) in [6, 6.07) is 0.402. The highest BCUT2D eigenvalue weighted by Gasteiger charge is 2.09. The molecule has 1 heterocycles. The molecule has 0 aliphatic carbocycles. The van der Waals surface area contributed by atoms with Gasteiger partial charge in [-0.3, -0.25) is 4.90 Å². The first-order valence-corrected chi connectivity index (χ1v) is 6.44. The van der Waals surface area contributed by atoms with Crippen LogP contribution < -0.4 is 10.6 Å². The van der Waals surface area contributed by atoms with Gasteiger partial charge in [0.2, 0.25) is 0 Å². The first-order chi connectivity index (χ1) is 7.68. The third kappa shape index (κ3) is 6.25. The van der Waals surface area contributed by atoms with Gasteiger partial charge in [-0.1, -0.05) is 0 Å². The van der Waals surface area contributed by atoms with Crippen LogP contribution in [0.2, 0.25) is 0 Å². The van der Waals surface area contributed by atoms with Crippen LogP contribution in [-0.4, -0.2) is 55.4 Å². The zero-order valence-corrected chi connectivity index (χ0v) is 11.1. The summed E-state index contributed by atoms with van der Waals surface area (Å²) < 4.78 is 5.30. The van der Waals surface area contributed by atoms with Crippen LogP contribution in [0.1, 0.15) is 20.3 Å². The molecule has 0 spiro atoms. The number of hydrogen-bond donors (Lipinski definition) is 2. The van der Waals surface area contributed by atoms with Gasteiger partial charge >= 0.3 is 0 Å². The van der Waals surface area contributed by atoms with Gasteiger partial charge in [0.15, 0.2) is 5.11 Å². The Labute approximate surface area is 104 Å². The Hall–Kier alpha value is -0.390. The number of nitrogens with one attached hydrogen (secondary N) is 2. The van der Waals surface area contributed by atoms with Crippen molar-refractivity contribution in [3.05, 3.63) is 0 Å². The molecule has 1 rings (SSSR count). The zero-order valence-electron chi connectivity index (χ0n) is 10.3. The van der Waals surface area contributed by atoms with Crippen LogP contribution in [0, 0.1) is 0 Å². The lowest BCUT2D eigenvalue weighted by atomic mass is 10.3. The number of hydrogen-bond acceptors (Lipinski definition) is 3. The topological polar surface area (TPSA) is 36.5 Å². The molecule has 0 aromatic rings. The molecular formula is C11H23N3OS. The van der Waals surface area contributed by atoms with Crippen LogP contribution in [0.3, 0.4) is 0 Å². The van der Waals surface area contributed by atoms with Crippen molar-refractivity contribution in [2.24, 2.45) is 0 Å². The quantitative estimate of drug-likeness (QED) is 0.547. The normalized spacial score (nSPS) is 17.4. The zero-order chi connectivity index (χ0) is 11.8. The van der Waals surface area contributed by atoms with Crippen molar-refractivity contribution in [2.75, 3.05) is 39.4 Å². The first-order valence-electron chi connectivity index (χ1n) is 6.03. The fourth-order valence-corrected chi connectivity index (χ4v) is 1.98. The van der Waals surface area contributed by atoms with E-state index in [4.69, 9.17) is 17.0 Å². The second-order valence-corrected chi connectivity index (χ2v) is 4.77. The van der Waals surface area contributed by atoms with Gasteiger partial charge in [-0.25, -0.2) is 0 Å². The Kier molecular flexibility index (Phi) is 6.68. The molecule has 0 aromatic heterocycles. The minimum Gasteiger partial charge on any atom is -0.379 e. The van der Waals surface area contributed by atoms with E-state index in [2.05, 4.69) is 29.4 Å². The van der Waals surface area contributed by atoms with E-state index in [1.807, 2.05) is 0 Å². The summed E-state index contributed by atoms with van der Waals surface area (Å²) in [5.74, 6) is 0. The number of thiocarbonyl (C=S) groups is 1. The van der Waals surface area contributed by atoms with E-state index in [0.29, 0.717) is 6.04 Å². The van der Waals surface area contributed by atoms with Gasteiger partial charge in [-0.2, -0.15) is 0 Å². The molecule has 1 aliphatic rings. The minimum atomic E-state index is 0.402. The molecule has 94 valence electrons. The second-order valence-electron chi connectivity index (χ2n) is 4.36. The van der Waals surface area contributed by atoms with Crippen molar-refractivity contribution in [3.63, 3.8) is 0 Å². The molecule has 16 heavy (non-hydrogen) atoms. The molecule has 5 heteroatoms. The molecule has 0 radical (unpaired) electrons. The molecule has 0 bridgehead atoms. The maximum Gasteiger partial charge on any atom is 0.166 e. The van der Waals surface area contributed by atoms with E-state index in [0.717, 1.165) is 50.9 Å². The highest BCUT2D eigenvalue weighted by molar-refractivity contribution is 7.80. The van der Waals surface area contributed by atoms with E-state index in [1.165, 1.54) is 0 Å². The van der Waals surface area contributed by atoms with Gasteiger partial charge in [0.1, 0.15) is 0 Å². The minimum absolute atomic E-state index is 0.402. The standard InChI is InChI=1S/C11H23N3OS/c1-10(2)13-11(16)12-4-3-5-14-6-8-15-9-7-14/h10H,3-9H2,1-2H3,(H2,12,13,16). The second kappa shape index (κ2) is 7.81. The fraction of sp³-hybridized carbons (Fsp3) is 0.909. The van der Waals surface area contributed by atoms with Gasteiger partial charge in [-0.05, 0) is 39.0 Å². The predicted molar refractivity (Wildman–Crippen MR) is 70.7 cm³/mol. The summed E-state index contributed by atoms with van der Waals surface area (Å²) >= 11 is 5.14. The lowest BCUT2D eigenvalue weighted by Gasteiger charge is -2.26. The third-order valence-corrected chi connectivity index (χ3v) is 2.72. The maximum atomic E-state index is 5.30. The summed E-state index contributed by atoms with van der Waals surface area (Å²) in [4.78, 5) is 2.43. The van der Waals surface area contributed by atoms with Crippen molar-refractivity contribution in [2.45, 2.75) is 26.3 Å². The van der Waals surface area contributed by atoms with Crippen LogP contribution in [-0.2, 0) is 4.74 Å². The Morgan fingerprint density at radius 1 is 1.38 bits per heavy atom. The molecule has 1 saturated heterocycles. The van der Waals surface area contributed by atoms with Crippen molar-refractivity contribution in [3.8, 4) is 0 Å². The average molecular weight is 245 g/mol. The van der Waals surface area contributed by atoms with E-state index in [-0.39, 0.29) is 0 Å². The first kappa shape index (κ1) is 13.7. The van der Waals surface area contributed by atoms with Gasteiger partial charge in [0.05, 0.1) is 13.2 Å². The summed E-state index contributed by atoms with van der Waals surface area (Å²) in [5, 5.41) is 7.14. The van der Waals surface area contributed by atoms with E-state index in [9.17, 15) is 0 Å². The van der Waals surface area contributed by atoms with E-state index in [1.54, 1.807) is 0 Å². The molecule has 4 nitrogen and oxygen atoms in total. The van der Waals surface area contributed by atoms with Crippen LogP contribution in [0.5, 0.6) is 0 Å². The molecule has 0 amide bonds. The molecule has 1 aliphatic heterocycles. The fourth-order valence-electron chi connectivity index (χ4n) is 1.64. The molecule has 1 fully saturated rings. The lowest BCUT2D eigenvalue weighted by molar-refractivity contribution is 0.0376. The Bertz CT molecular complexity index is 205. The Balaban J connectivity index is 1.96. The van der Waals surface area contributed by atoms with Crippen molar-refractivity contribution in [1.29, 1.82) is 0 Å². The largest absolute Gasteiger partial charge is 0.379 e. The third-order valence-electron chi connectivity index (χ3n) is 2.46. The lowest BCUT2D eigenvalue weighted by Crippen LogP contribution is -2.41. The smallest absolute Gasteiger partial charge is 0.166 e. The van der Waals surface area contributed by atoms with Crippen LogP contribution >= 0.6 is 12.2 Å². The van der Waals surface area contributed by atoms with Crippen LogP contribution in [0.25, 0.3) is 0 Å². The average Bonchev–Trinajstić information content (AvgIpc) is 2.25. The Morgan fingerprint density at radius 3 is 2.69 bits per heavy atom. The van der Waals surface area contributed by atoms with Crippen molar-refractivity contribution in [1.82, 2.24) is 15.5 Å². The molecule has 0 aromatic carbocycles. The van der Waals surface area contributed by atoms with Crippen LogP contribution in [0.15, 0.2) is 0 Å². The SMILES string of the molecule is CC(C)NC(=S)NCCCN1CCOCC1. The van der Waals surface area contributed by atoms with Gasteiger partial charge in [0, 0.05) is 25.7 Å². The summed E-state index contributed by atoms with van der Waals surface area (Å²) in [6.07, 6.45) is 1.12. The van der Waals surface area contributed by atoms with Gasteiger partial charge < -0.3 is 15.4 Å². The summed E-state index contributed by atoms with van der Waals surface area (Å²) in [6.45, 7) is 10.1. The van der Waals surface area contributed by atoms with E-state index < -0.39 is 0 Å². The van der Waals surface area contributed by atoms with Gasteiger partial charge in [0.25, 0.3) is 0 Å². The molecule has 0 unspecified atom stereocenters. The Morgan fingerprint density at radius 2 is 2.06 bits per heavy atom. The number of ether oxygens (including phenoxy) is 1. The molecule has 0 saturated carbocycles.